The van der Waals surface area contributed by atoms with Crippen LogP contribution < -0.4 is 0 Å². The Morgan fingerprint density at radius 1 is 1.27 bits per heavy atom. The van der Waals surface area contributed by atoms with Gasteiger partial charge in [-0.05, 0) is 37.3 Å². The first-order valence-corrected chi connectivity index (χ1v) is 8.19. The summed E-state index contributed by atoms with van der Waals surface area (Å²) in [5, 5.41) is 10.1. The monoisotopic (exact) mass is 321 g/mol. The molecule has 5 heteroatoms. The van der Waals surface area contributed by atoms with Crippen LogP contribution in [0.15, 0.2) is 24.3 Å². The number of nitrogens with zero attached hydrogens (tertiary/aromatic N) is 1. The van der Waals surface area contributed by atoms with Gasteiger partial charge in [-0.15, -0.1) is 0 Å². The SMILES string of the molecule is O=C(CC1(C(=O)O)CCC1)N1CCCC1c1ccccc1Cl. The highest BCUT2D eigenvalue weighted by Gasteiger charge is 2.47. The molecule has 3 rings (SSSR count). The zero-order chi connectivity index (χ0) is 15.7. The van der Waals surface area contributed by atoms with Crippen LogP contribution in [0.1, 0.15) is 50.1 Å². The third kappa shape index (κ3) is 2.60. The highest BCUT2D eigenvalue weighted by molar-refractivity contribution is 6.31. The minimum absolute atomic E-state index is 0.0212. The van der Waals surface area contributed by atoms with Crippen molar-refractivity contribution < 1.29 is 14.7 Å². The number of carbonyl (C=O) groups excluding carboxylic acids is 1. The topological polar surface area (TPSA) is 57.6 Å². The number of hydrogen-bond donors (Lipinski definition) is 1. The fourth-order valence-electron chi connectivity index (χ4n) is 3.59. The van der Waals surface area contributed by atoms with Crippen molar-refractivity contribution in [2.75, 3.05) is 6.54 Å². The largest absolute Gasteiger partial charge is 0.481 e. The van der Waals surface area contributed by atoms with Crippen LogP contribution in [0.25, 0.3) is 0 Å². The van der Waals surface area contributed by atoms with Crippen molar-refractivity contribution in [1.82, 2.24) is 4.90 Å². The van der Waals surface area contributed by atoms with E-state index in [4.69, 9.17) is 11.6 Å². The number of benzene rings is 1. The van der Waals surface area contributed by atoms with Gasteiger partial charge in [0.2, 0.25) is 5.91 Å². The molecule has 0 spiro atoms. The predicted molar refractivity (Wildman–Crippen MR) is 83.7 cm³/mol. The summed E-state index contributed by atoms with van der Waals surface area (Å²) in [7, 11) is 0. The molecule has 2 aliphatic rings. The van der Waals surface area contributed by atoms with Gasteiger partial charge in [0.25, 0.3) is 0 Å². The average Bonchev–Trinajstić information content (AvgIpc) is 2.92. The number of carbonyl (C=O) groups is 2. The van der Waals surface area contributed by atoms with E-state index in [-0.39, 0.29) is 18.4 Å². The van der Waals surface area contributed by atoms with Crippen LogP contribution in [-0.4, -0.2) is 28.4 Å². The zero-order valence-corrected chi connectivity index (χ0v) is 13.2. The van der Waals surface area contributed by atoms with Crippen LogP contribution in [0.3, 0.4) is 0 Å². The molecule has 1 unspecified atom stereocenters. The average molecular weight is 322 g/mol. The van der Waals surface area contributed by atoms with Gasteiger partial charge in [-0.2, -0.15) is 0 Å². The highest BCUT2D eigenvalue weighted by atomic mass is 35.5. The standard InChI is InChI=1S/C17H20ClNO3/c18-13-6-2-1-5-12(13)14-7-3-10-19(14)15(20)11-17(16(21)22)8-4-9-17/h1-2,5-6,14H,3-4,7-11H2,(H,21,22). The predicted octanol–water partition coefficient (Wildman–Crippen LogP) is 3.65. The summed E-state index contributed by atoms with van der Waals surface area (Å²) in [5.41, 5.74) is 0.137. The Morgan fingerprint density at radius 3 is 2.59 bits per heavy atom. The van der Waals surface area contributed by atoms with Gasteiger partial charge in [0.1, 0.15) is 0 Å². The van der Waals surface area contributed by atoms with Crippen molar-refractivity contribution in [3.8, 4) is 0 Å². The Hall–Kier alpha value is -1.55. The molecular weight excluding hydrogens is 302 g/mol. The van der Waals surface area contributed by atoms with E-state index in [0.29, 0.717) is 24.4 Å². The second-order valence-corrected chi connectivity index (χ2v) is 6.79. The maximum absolute atomic E-state index is 12.7. The van der Waals surface area contributed by atoms with E-state index in [2.05, 4.69) is 0 Å². The van der Waals surface area contributed by atoms with Crippen molar-refractivity contribution >= 4 is 23.5 Å². The molecule has 1 aromatic carbocycles. The normalized spacial score (nSPS) is 23.1. The van der Waals surface area contributed by atoms with Crippen LogP contribution >= 0.6 is 11.6 Å². The van der Waals surface area contributed by atoms with Crippen LogP contribution in [0.4, 0.5) is 0 Å². The Labute approximate surface area is 135 Å². The summed E-state index contributed by atoms with van der Waals surface area (Å²) in [6.07, 6.45) is 4.05. The van der Waals surface area contributed by atoms with E-state index >= 15 is 0 Å². The number of aliphatic carboxylic acids is 1. The molecule has 1 amide bonds. The van der Waals surface area contributed by atoms with Gasteiger partial charge >= 0.3 is 5.97 Å². The summed E-state index contributed by atoms with van der Waals surface area (Å²) >= 11 is 6.26. The third-order valence-electron chi connectivity index (χ3n) is 5.09. The van der Waals surface area contributed by atoms with Crippen molar-refractivity contribution in [3.63, 3.8) is 0 Å². The summed E-state index contributed by atoms with van der Waals surface area (Å²) < 4.78 is 0. The summed E-state index contributed by atoms with van der Waals surface area (Å²) in [6, 6.07) is 7.57. The van der Waals surface area contributed by atoms with Crippen LogP contribution in [0, 0.1) is 5.41 Å². The van der Waals surface area contributed by atoms with Gasteiger partial charge < -0.3 is 10.0 Å². The van der Waals surface area contributed by atoms with Crippen molar-refractivity contribution in [2.24, 2.45) is 5.41 Å². The molecule has 1 atom stereocenters. The number of amides is 1. The van der Waals surface area contributed by atoms with Crippen LogP contribution in [0.5, 0.6) is 0 Å². The first kappa shape index (κ1) is 15.3. The van der Waals surface area contributed by atoms with Gasteiger partial charge in [0.05, 0.1) is 11.5 Å². The fraction of sp³-hybridized carbons (Fsp3) is 0.529. The minimum Gasteiger partial charge on any atom is -0.481 e. The number of carboxylic acid groups (broad SMARTS) is 1. The van der Waals surface area contributed by atoms with Gasteiger partial charge in [-0.1, -0.05) is 36.2 Å². The van der Waals surface area contributed by atoms with Crippen LogP contribution in [0.2, 0.25) is 5.02 Å². The zero-order valence-electron chi connectivity index (χ0n) is 12.4. The second kappa shape index (κ2) is 5.92. The minimum atomic E-state index is -0.833. The van der Waals surface area contributed by atoms with Crippen LogP contribution in [-0.2, 0) is 9.59 Å². The number of halogens is 1. The molecule has 1 aliphatic carbocycles. The lowest BCUT2D eigenvalue weighted by molar-refractivity contribution is -0.159. The molecule has 1 saturated heterocycles. The first-order chi connectivity index (χ1) is 10.5. The quantitative estimate of drug-likeness (QED) is 0.921. The Kier molecular flexibility index (Phi) is 4.13. The van der Waals surface area contributed by atoms with E-state index < -0.39 is 11.4 Å². The molecular formula is C17H20ClNO3. The molecule has 0 bridgehead atoms. The van der Waals surface area contributed by atoms with Crippen molar-refractivity contribution in [1.29, 1.82) is 0 Å². The molecule has 1 N–H and O–H groups in total. The highest BCUT2D eigenvalue weighted by Crippen LogP contribution is 2.46. The van der Waals surface area contributed by atoms with E-state index in [1.54, 1.807) is 0 Å². The number of rotatable bonds is 4. The molecule has 1 aromatic rings. The van der Waals surface area contributed by atoms with E-state index in [9.17, 15) is 14.7 Å². The maximum atomic E-state index is 12.7. The fourth-order valence-corrected chi connectivity index (χ4v) is 3.86. The molecule has 4 nitrogen and oxygen atoms in total. The van der Waals surface area contributed by atoms with Gasteiger partial charge in [-0.3, -0.25) is 9.59 Å². The molecule has 1 aliphatic heterocycles. The number of carboxylic acids is 1. The maximum Gasteiger partial charge on any atom is 0.310 e. The number of likely N-dealkylation sites (tertiary alicyclic amines) is 1. The van der Waals surface area contributed by atoms with Crippen molar-refractivity contribution in [2.45, 2.75) is 44.6 Å². The van der Waals surface area contributed by atoms with Gasteiger partial charge in [-0.25, -0.2) is 0 Å². The lowest BCUT2D eigenvalue weighted by Gasteiger charge is -2.38. The lowest BCUT2D eigenvalue weighted by atomic mass is 9.66. The number of hydrogen-bond acceptors (Lipinski definition) is 2. The Balaban J connectivity index is 1.77. The molecule has 1 heterocycles. The molecule has 118 valence electrons. The van der Waals surface area contributed by atoms with Gasteiger partial charge in [0, 0.05) is 18.0 Å². The first-order valence-electron chi connectivity index (χ1n) is 7.81. The smallest absolute Gasteiger partial charge is 0.310 e. The van der Waals surface area contributed by atoms with E-state index in [0.717, 1.165) is 24.8 Å². The third-order valence-corrected chi connectivity index (χ3v) is 5.44. The van der Waals surface area contributed by atoms with E-state index in [1.807, 2.05) is 29.2 Å². The Morgan fingerprint density at radius 2 is 2.00 bits per heavy atom. The molecule has 0 aromatic heterocycles. The summed E-state index contributed by atoms with van der Waals surface area (Å²) in [6.45, 7) is 0.685. The molecule has 1 saturated carbocycles. The lowest BCUT2D eigenvalue weighted by Crippen LogP contribution is -2.43. The molecule has 0 radical (unpaired) electrons. The molecule has 2 fully saturated rings. The molecule has 22 heavy (non-hydrogen) atoms. The second-order valence-electron chi connectivity index (χ2n) is 6.38. The summed E-state index contributed by atoms with van der Waals surface area (Å²) in [5.74, 6) is -0.884. The summed E-state index contributed by atoms with van der Waals surface area (Å²) in [4.78, 5) is 26.0. The Bertz CT molecular complexity index is 597. The van der Waals surface area contributed by atoms with E-state index in [1.165, 1.54) is 0 Å². The van der Waals surface area contributed by atoms with Crippen molar-refractivity contribution in [3.05, 3.63) is 34.9 Å². The van der Waals surface area contributed by atoms with Gasteiger partial charge in [0.15, 0.2) is 0 Å².